The average Bonchev–Trinajstić information content (AvgIpc) is 2.83. The molecule has 3 N–H and O–H groups in total. The smallest absolute Gasteiger partial charge is 0.306 e. The molecular weight excluding hydrogens is 248 g/mol. The Labute approximate surface area is 111 Å². The van der Waals surface area contributed by atoms with Crippen LogP contribution in [0.25, 0.3) is 0 Å². The van der Waals surface area contributed by atoms with Gasteiger partial charge < -0.3 is 10.4 Å². The molecule has 1 amide bonds. The molecule has 0 bridgehead atoms. The van der Waals surface area contributed by atoms with E-state index >= 15 is 0 Å². The minimum atomic E-state index is -0.815. The quantitative estimate of drug-likeness (QED) is 0.609. The minimum absolute atomic E-state index is 0.134. The molecule has 0 aliphatic heterocycles. The summed E-state index contributed by atoms with van der Waals surface area (Å²) in [6.07, 6.45) is 2.84. The lowest BCUT2D eigenvalue weighted by Crippen LogP contribution is -2.26. The highest BCUT2D eigenvalue weighted by Gasteiger charge is 2.13. The third-order valence-corrected chi connectivity index (χ3v) is 2.74. The zero-order chi connectivity index (χ0) is 14.3. The van der Waals surface area contributed by atoms with E-state index in [0.29, 0.717) is 25.2 Å². The maximum atomic E-state index is 11.7. The number of carboxylic acid groups (broad SMARTS) is 1. The van der Waals surface area contributed by atoms with Crippen molar-refractivity contribution in [2.45, 2.75) is 39.5 Å². The first-order chi connectivity index (χ1) is 9.04. The second-order valence-corrected chi connectivity index (χ2v) is 4.49. The lowest BCUT2D eigenvalue weighted by molar-refractivity contribution is -0.141. The molecule has 106 valence electrons. The number of carboxylic acids is 1. The number of rotatable bonds is 8. The maximum Gasteiger partial charge on any atom is 0.306 e. The summed E-state index contributed by atoms with van der Waals surface area (Å²) in [5.41, 5.74) is 0. The van der Waals surface area contributed by atoms with E-state index in [4.69, 9.17) is 5.11 Å². The van der Waals surface area contributed by atoms with Crippen LogP contribution in [-0.4, -0.2) is 38.7 Å². The summed E-state index contributed by atoms with van der Waals surface area (Å²) in [6, 6.07) is 0. The number of nitrogens with zero attached hydrogens (tertiary/aromatic N) is 2. The summed E-state index contributed by atoms with van der Waals surface area (Å²) in [6.45, 7) is 4.09. The molecule has 0 aromatic carbocycles. The Hall–Kier alpha value is -1.92. The van der Waals surface area contributed by atoms with Crippen molar-refractivity contribution in [2.24, 2.45) is 5.92 Å². The van der Waals surface area contributed by atoms with Crippen molar-refractivity contribution in [1.29, 1.82) is 0 Å². The number of aromatic amines is 1. The highest BCUT2D eigenvalue weighted by Crippen LogP contribution is 2.04. The predicted molar refractivity (Wildman–Crippen MR) is 68.7 cm³/mol. The van der Waals surface area contributed by atoms with E-state index in [-0.39, 0.29) is 11.7 Å². The van der Waals surface area contributed by atoms with Crippen LogP contribution in [0.4, 0.5) is 0 Å². The Kier molecular flexibility index (Phi) is 5.98. The number of carbonyl (C=O) groups is 2. The molecule has 0 aliphatic rings. The van der Waals surface area contributed by atoms with E-state index in [1.165, 1.54) is 0 Å². The van der Waals surface area contributed by atoms with Gasteiger partial charge in [0.05, 0.1) is 5.92 Å². The Morgan fingerprint density at radius 3 is 2.84 bits per heavy atom. The summed E-state index contributed by atoms with van der Waals surface area (Å²) >= 11 is 0. The summed E-state index contributed by atoms with van der Waals surface area (Å²) in [7, 11) is 0. The fourth-order valence-electron chi connectivity index (χ4n) is 1.56. The predicted octanol–water partition coefficient (Wildman–Crippen LogP) is 0.988. The number of nitrogens with one attached hydrogen (secondary N) is 2. The van der Waals surface area contributed by atoms with E-state index in [1.54, 1.807) is 6.92 Å². The maximum absolute atomic E-state index is 11.7. The molecule has 7 nitrogen and oxygen atoms in total. The van der Waals surface area contributed by atoms with Crippen molar-refractivity contribution in [1.82, 2.24) is 20.5 Å². The highest BCUT2D eigenvalue weighted by atomic mass is 16.4. The van der Waals surface area contributed by atoms with Crippen molar-refractivity contribution < 1.29 is 14.7 Å². The second kappa shape index (κ2) is 7.50. The zero-order valence-corrected chi connectivity index (χ0v) is 11.3. The molecule has 1 aromatic rings. The number of H-pyrrole nitrogens is 1. The molecule has 19 heavy (non-hydrogen) atoms. The van der Waals surface area contributed by atoms with Crippen LogP contribution < -0.4 is 5.32 Å². The van der Waals surface area contributed by atoms with Gasteiger partial charge in [-0.25, -0.2) is 4.98 Å². The molecule has 1 aromatic heterocycles. The van der Waals surface area contributed by atoms with Crippen LogP contribution >= 0.6 is 0 Å². The zero-order valence-electron chi connectivity index (χ0n) is 11.3. The first-order valence-corrected chi connectivity index (χ1v) is 6.46. The molecule has 1 atom stereocenters. The van der Waals surface area contributed by atoms with Crippen molar-refractivity contribution in [3.63, 3.8) is 0 Å². The van der Waals surface area contributed by atoms with Crippen molar-refractivity contribution in [3.8, 4) is 0 Å². The van der Waals surface area contributed by atoms with Gasteiger partial charge in [0.1, 0.15) is 5.82 Å². The number of hydrogen-bond donors (Lipinski definition) is 3. The first-order valence-electron chi connectivity index (χ1n) is 6.46. The molecule has 1 unspecified atom stereocenters. The van der Waals surface area contributed by atoms with Gasteiger partial charge >= 0.3 is 5.97 Å². The molecule has 7 heteroatoms. The molecule has 0 saturated carbocycles. The lowest BCUT2D eigenvalue weighted by atomic mass is 10.1. The number of carbonyl (C=O) groups excluding carboxylic acids is 1. The summed E-state index contributed by atoms with van der Waals surface area (Å²) < 4.78 is 0. The van der Waals surface area contributed by atoms with Crippen molar-refractivity contribution in [2.75, 3.05) is 6.54 Å². The fourth-order valence-corrected chi connectivity index (χ4v) is 1.56. The molecule has 1 rings (SSSR count). The molecule has 0 radical (unpaired) electrons. The third kappa shape index (κ3) is 5.07. The van der Waals surface area contributed by atoms with E-state index < -0.39 is 11.9 Å². The number of aliphatic carboxylic acids is 1. The van der Waals surface area contributed by atoms with Crippen LogP contribution in [0.2, 0.25) is 0 Å². The summed E-state index contributed by atoms with van der Waals surface area (Å²) in [5, 5.41) is 17.9. The normalized spacial score (nSPS) is 12.1. The van der Waals surface area contributed by atoms with Gasteiger partial charge in [-0.2, -0.15) is 0 Å². The van der Waals surface area contributed by atoms with Gasteiger partial charge in [0, 0.05) is 13.0 Å². The molecule has 1 heterocycles. The Bertz CT molecular complexity index is 430. The van der Waals surface area contributed by atoms with E-state index in [0.717, 1.165) is 12.8 Å². The van der Waals surface area contributed by atoms with E-state index in [2.05, 4.69) is 20.5 Å². The van der Waals surface area contributed by atoms with Crippen LogP contribution in [0.15, 0.2) is 0 Å². The largest absolute Gasteiger partial charge is 0.481 e. The first kappa shape index (κ1) is 15.1. The van der Waals surface area contributed by atoms with Gasteiger partial charge in [-0.3, -0.25) is 14.7 Å². The topological polar surface area (TPSA) is 108 Å². The number of amides is 1. The van der Waals surface area contributed by atoms with Crippen LogP contribution in [-0.2, 0) is 11.2 Å². The Morgan fingerprint density at radius 2 is 2.21 bits per heavy atom. The minimum Gasteiger partial charge on any atom is -0.481 e. The van der Waals surface area contributed by atoms with Gasteiger partial charge in [-0.1, -0.05) is 13.8 Å². The van der Waals surface area contributed by atoms with Crippen LogP contribution in [0.3, 0.4) is 0 Å². The highest BCUT2D eigenvalue weighted by molar-refractivity contribution is 5.90. The monoisotopic (exact) mass is 268 g/mol. The fraction of sp³-hybridized carbons (Fsp3) is 0.667. The molecule has 0 spiro atoms. The number of aromatic nitrogens is 3. The van der Waals surface area contributed by atoms with Crippen molar-refractivity contribution in [3.05, 3.63) is 11.6 Å². The number of hydrogen-bond acceptors (Lipinski definition) is 4. The Morgan fingerprint density at radius 1 is 1.47 bits per heavy atom. The standard InChI is InChI=1S/C12H20N4O3/c1-3-5-9-14-10(16-15-9)11(17)13-7-4-6-8(2)12(18)19/h8H,3-7H2,1-2H3,(H,13,17)(H,18,19)(H,14,15,16). The van der Waals surface area contributed by atoms with Crippen LogP contribution in [0.5, 0.6) is 0 Å². The van der Waals surface area contributed by atoms with Crippen LogP contribution in [0.1, 0.15) is 49.6 Å². The SMILES string of the molecule is CCCc1nc(C(=O)NCCCC(C)C(=O)O)n[nH]1. The summed E-state index contributed by atoms with van der Waals surface area (Å²) in [4.78, 5) is 26.3. The van der Waals surface area contributed by atoms with Gasteiger partial charge in [-0.15, -0.1) is 5.10 Å². The molecule has 0 aliphatic carbocycles. The lowest BCUT2D eigenvalue weighted by Gasteiger charge is -2.05. The molecule has 0 saturated heterocycles. The van der Waals surface area contributed by atoms with Gasteiger partial charge in [0.15, 0.2) is 0 Å². The molecule has 0 fully saturated rings. The van der Waals surface area contributed by atoms with Crippen LogP contribution in [0, 0.1) is 5.92 Å². The number of aryl methyl sites for hydroxylation is 1. The van der Waals surface area contributed by atoms with Crippen molar-refractivity contribution >= 4 is 11.9 Å². The van der Waals surface area contributed by atoms with Gasteiger partial charge in [-0.05, 0) is 19.3 Å². The third-order valence-electron chi connectivity index (χ3n) is 2.74. The Balaban J connectivity index is 2.28. The average molecular weight is 268 g/mol. The van der Waals surface area contributed by atoms with Gasteiger partial charge in [0.2, 0.25) is 5.82 Å². The van der Waals surface area contributed by atoms with E-state index in [1.807, 2.05) is 6.92 Å². The summed E-state index contributed by atoms with van der Waals surface area (Å²) in [5.74, 6) is -0.704. The van der Waals surface area contributed by atoms with E-state index in [9.17, 15) is 9.59 Å². The second-order valence-electron chi connectivity index (χ2n) is 4.49. The molecular formula is C12H20N4O3. The van der Waals surface area contributed by atoms with Gasteiger partial charge in [0.25, 0.3) is 5.91 Å².